The summed E-state index contributed by atoms with van der Waals surface area (Å²) in [6.45, 7) is 3.86. The minimum atomic E-state index is -0.235. The molecule has 0 unspecified atom stereocenters. The predicted octanol–water partition coefficient (Wildman–Crippen LogP) is 1.65. The van der Waals surface area contributed by atoms with E-state index < -0.39 is 0 Å². The second-order valence-electron chi connectivity index (χ2n) is 4.09. The van der Waals surface area contributed by atoms with Crippen LogP contribution in [-0.4, -0.2) is 15.7 Å². The van der Waals surface area contributed by atoms with Crippen molar-refractivity contribution in [2.24, 2.45) is 0 Å². The third-order valence-electron chi connectivity index (χ3n) is 2.72. The molecule has 2 aromatic heterocycles. The number of rotatable bonds is 3. The van der Waals surface area contributed by atoms with E-state index in [1.54, 1.807) is 12.3 Å². The van der Waals surface area contributed by atoms with E-state index in [9.17, 15) is 4.79 Å². The molecule has 2 rings (SSSR count). The van der Waals surface area contributed by atoms with Gasteiger partial charge in [0.15, 0.2) is 0 Å². The van der Waals surface area contributed by atoms with Gasteiger partial charge in [-0.25, -0.2) is 0 Å². The lowest BCUT2D eigenvalue weighted by Gasteiger charge is -2.03. The fourth-order valence-electron chi connectivity index (χ4n) is 1.63. The third kappa shape index (κ3) is 2.74. The van der Waals surface area contributed by atoms with Gasteiger partial charge < -0.3 is 11.1 Å². The number of hydrogen-bond acceptors (Lipinski definition) is 5. The van der Waals surface area contributed by atoms with Crippen molar-refractivity contribution in [2.45, 2.75) is 20.4 Å². The number of nitrogens with one attached hydrogen (secondary N) is 1. The van der Waals surface area contributed by atoms with Gasteiger partial charge in [-0.15, -0.1) is 11.3 Å². The van der Waals surface area contributed by atoms with E-state index in [2.05, 4.69) is 16.5 Å². The number of nitriles is 1. The zero-order valence-electron chi connectivity index (χ0n) is 10.6. The van der Waals surface area contributed by atoms with Crippen LogP contribution in [0.4, 0.5) is 10.8 Å². The first-order chi connectivity index (χ1) is 9.01. The van der Waals surface area contributed by atoms with E-state index in [-0.39, 0.29) is 12.5 Å². The molecule has 98 valence electrons. The van der Waals surface area contributed by atoms with Gasteiger partial charge in [-0.05, 0) is 25.5 Å². The molecule has 2 heterocycles. The Labute approximate surface area is 114 Å². The molecule has 0 fully saturated rings. The minimum absolute atomic E-state index is 0.0675. The van der Waals surface area contributed by atoms with Gasteiger partial charge in [0, 0.05) is 11.1 Å². The van der Waals surface area contributed by atoms with Crippen molar-refractivity contribution in [3.05, 3.63) is 28.3 Å². The number of aromatic nitrogens is 2. The molecule has 0 saturated carbocycles. The number of carbonyl (C=O) groups is 1. The summed E-state index contributed by atoms with van der Waals surface area (Å²) in [5, 5.41) is 16.3. The Morgan fingerprint density at radius 3 is 2.95 bits per heavy atom. The van der Waals surface area contributed by atoms with Gasteiger partial charge in [0.25, 0.3) is 0 Å². The Morgan fingerprint density at radius 2 is 2.37 bits per heavy atom. The van der Waals surface area contributed by atoms with E-state index in [4.69, 9.17) is 11.0 Å². The molecule has 0 bridgehead atoms. The Balaban J connectivity index is 2.11. The van der Waals surface area contributed by atoms with Crippen molar-refractivity contribution in [1.82, 2.24) is 9.78 Å². The van der Waals surface area contributed by atoms with E-state index in [1.807, 2.05) is 13.8 Å². The van der Waals surface area contributed by atoms with Gasteiger partial charge in [0.05, 0.1) is 5.56 Å². The lowest BCUT2D eigenvalue weighted by Crippen LogP contribution is -2.19. The number of thiophene rings is 1. The van der Waals surface area contributed by atoms with Gasteiger partial charge in [-0.2, -0.15) is 10.4 Å². The number of anilines is 2. The van der Waals surface area contributed by atoms with Crippen LogP contribution in [0.1, 0.15) is 16.0 Å². The number of nitrogen functional groups attached to an aromatic ring is 1. The molecule has 0 aromatic carbocycles. The summed E-state index contributed by atoms with van der Waals surface area (Å²) >= 11 is 1.40. The lowest BCUT2D eigenvalue weighted by atomic mass is 10.2. The lowest BCUT2D eigenvalue weighted by molar-refractivity contribution is -0.116. The summed E-state index contributed by atoms with van der Waals surface area (Å²) in [5.41, 5.74) is 6.90. The highest BCUT2D eigenvalue weighted by molar-refractivity contribution is 7.16. The first-order valence-electron chi connectivity index (χ1n) is 5.60. The predicted molar refractivity (Wildman–Crippen MR) is 73.8 cm³/mol. The number of nitrogens with zero attached hydrogens (tertiary/aromatic N) is 3. The van der Waals surface area contributed by atoms with Crippen LogP contribution < -0.4 is 11.1 Å². The molecule has 2 aromatic rings. The molecular weight excluding hydrogens is 262 g/mol. The minimum Gasteiger partial charge on any atom is -0.382 e. The quantitative estimate of drug-likeness (QED) is 0.890. The number of aryl methyl sites for hydroxylation is 1. The molecule has 19 heavy (non-hydrogen) atoms. The second-order valence-corrected chi connectivity index (χ2v) is 5.31. The van der Waals surface area contributed by atoms with E-state index in [0.29, 0.717) is 16.4 Å². The van der Waals surface area contributed by atoms with Crippen molar-refractivity contribution in [3.8, 4) is 6.07 Å². The van der Waals surface area contributed by atoms with Crippen LogP contribution in [0.3, 0.4) is 0 Å². The number of hydrogen-bond donors (Lipinski definition) is 2. The molecule has 0 aliphatic carbocycles. The summed E-state index contributed by atoms with van der Waals surface area (Å²) in [6.07, 6.45) is 1.63. The van der Waals surface area contributed by atoms with E-state index in [0.717, 1.165) is 10.4 Å². The van der Waals surface area contributed by atoms with Crippen LogP contribution in [0.5, 0.6) is 0 Å². The van der Waals surface area contributed by atoms with Gasteiger partial charge in [-0.3, -0.25) is 9.48 Å². The summed E-state index contributed by atoms with van der Waals surface area (Å²) in [5.74, 6) is 0.133. The standard InChI is InChI=1S/C12H13N5OS/c1-7-8(2)19-12(9(7)5-13)15-11(18)6-17-4-3-10(14)16-17/h3-4H,6H2,1-2H3,(H2,14,16)(H,15,18). The molecule has 0 aliphatic heterocycles. The smallest absolute Gasteiger partial charge is 0.246 e. The van der Waals surface area contributed by atoms with Crippen LogP contribution in [0.25, 0.3) is 0 Å². The molecular formula is C12H13N5OS. The van der Waals surface area contributed by atoms with Gasteiger partial charge in [-0.1, -0.05) is 0 Å². The highest BCUT2D eigenvalue weighted by atomic mass is 32.1. The Kier molecular flexibility index (Phi) is 3.53. The maximum atomic E-state index is 11.9. The molecule has 0 radical (unpaired) electrons. The van der Waals surface area contributed by atoms with E-state index >= 15 is 0 Å². The van der Waals surface area contributed by atoms with Crippen molar-refractivity contribution < 1.29 is 4.79 Å². The third-order valence-corrected chi connectivity index (χ3v) is 3.84. The van der Waals surface area contributed by atoms with Crippen LogP contribution >= 0.6 is 11.3 Å². The van der Waals surface area contributed by atoms with Crippen molar-refractivity contribution in [3.63, 3.8) is 0 Å². The van der Waals surface area contributed by atoms with Crippen LogP contribution in [-0.2, 0) is 11.3 Å². The largest absolute Gasteiger partial charge is 0.382 e. The average molecular weight is 275 g/mol. The summed E-state index contributed by atoms with van der Waals surface area (Å²) in [7, 11) is 0. The molecule has 1 amide bonds. The first kappa shape index (κ1) is 13.1. The molecule has 0 spiro atoms. The van der Waals surface area contributed by atoms with Crippen LogP contribution in [0.15, 0.2) is 12.3 Å². The highest BCUT2D eigenvalue weighted by Gasteiger charge is 2.14. The molecule has 6 nitrogen and oxygen atoms in total. The SMILES string of the molecule is Cc1sc(NC(=O)Cn2ccc(N)n2)c(C#N)c1C. The molecule has 0 saturated heterocycles. The molecule has 3 N–H and O–H groups in total. The zero-order valence-corrected chi connectivity index (χ0v) is 11.4. The fraction of sp³-hybridized carbons (Fsp3) is 0.250. The van der Waals surface area contributed by atoms with Crippen molar-refractivity contribution in [1.29, 1.82) is 5.26 Å². The molecule has 0 atom stereocenters. The molecule has 0 aliphatic rings. The fourth-order valence-corrected chi connectivity index (χ4v) is 2.66. The Bertz CT molecular complexity index is 664. The van der Waals surface area contributed by atoms with Crippen molar-refractivity contribution in [2.75, 3.05) is 11.1 Å². The van der Waals surface area contributed by atoms with Crippen LogP contribution in [0, 0.1) is 25.2 Å². The molecule has 7 heteroatoms. The second kappa shape index (κ2) is 5.12. The van der Waals surface area contributed by atoms with Gasteiger partial charge in [0.2, 0.25) is 5.91 Å². The van der Waals surface area contributed by atoms with Gasteiger partial charge >= 0.3 is 0 Å². The Morgan fingerprint density at radius 1 is 1.63 bits per heavy atom. The normalized spacial score (nSPS) is 10.2. The monoisotopic (exact) mass is 275 g/mol. The number of carbonyl (C=O) groups excluding carboxylic acids is 1. The topological polar surface area (TPSA) is 96.7 Å². The summed E-state index contributed by atoms with van der Waals surface area (Å²) in [6, 6.07) is 3.73. The maximum Gasteiger partial charge on any atom is 0.246 e. The number of nitrogens with two attached hydrogens (primary N) is 1. The maximum absolute atomic E-state index is 11.9. The zero-order chi connectivity index (χ0) is 14.0. The summed E-state index contributed by atoms with van der Waals surface area (Å²) in [4.78, 5) is 12.9. The van der Waals surface area contributed by atoms with Gasteiger partial charge in [0.1, 0.15) is 23.4 Å². The van der Waals surface area contributed by atoms with Crippen LogP contribution in [0.2, 0.25) is 0 Å². The van der Waals surface area contributed by atoms with E-state index in [1.165, 1.54) is 16.0 Å². The number of amides is 1. The highest BCUT2D eigenvalue weighted by Crippen LogP contribution is 2.31. The van der Waals surface area contributed by atoms with Crippen molar-refractivity contribution >= 4 is 28.1 Å². The Hall–Kier alpha value is -2.33. The average Bonchev–Trinajstić information content (AvgIpc) is 2.85. The first-order valence-corrected chi connectivity index (χ1v) is 6.41. The summed E-state index contributed by atoms with van der Waals surface area (Å²) < 4.78 is 1.45.